The molecule has 23 heavy (non-hydrogen) atoms. The molecule has 0 aliphatic carbocycles. The Labute approximate surface area is 141 Å². The molecule has 0 aliphatic heterocycles. The molecule has 10 heteroatoms. The third kappa shape index (κ3) is 5.92. The highest BCUT2D eigenvalue weighted by Gasteiger charge is 2.23. The summed E-state index contributed by atoms with van der Waals surface area (Å²) in [4.78, 5) is 17.5. The van der Waals surface area contributed by atoms with Gasteiger partial charge in [0.1, 0.15) is 6.33 Å². The van der Waals surface area contributed by atoms with Crippen molar-refractivity contribution in [1.29, 1.82) is 0 Å². The van der Waals surface area contributed by atoms with Gasteiger partial charge in [0.25, 0.3) is 5.16 Å². The van der Waals surface area contributed by atoms with Crippen LogP contribution in [-0.2, 0) is 14.6 Å². The van der Waals surface area contributed by atoms with E-state index in [1.165, 1.54) is 4.90 Å². The molecule has 8 nitrogen and oxygen atoms in total. The molecule has 0 unspecified atom stereocenters. The fourth-order valence-corrected chi connectivity index (χ4v) is 2.84. The first kappa shape index (κ1) is 19.6. The lowest BCUT2D eigenvalue weighted by atomic mass is 10.4. The summed E-state index contributed by atoms with van der Waals surface area (Å²) in [5.41, 5.74) is 0. The average molecular weight is 365 g/mol. The summed E-state index contributed by atoms with van der Waals surface area (Å²) in [6.45, 7) is 8.30. The molecule has 1 rings (SSSR count). The van der Waals surface area contributed by atoms with Crippen molar-refractivity contribution < 1.29 is 17.9 Å². The van der Waals surface area contributed by atoms with E-state index >= 15 is 0 Å². The second-order valence-corrected chi connectivity index (χ2v) is 7.25. The molecule has 0 radical (unpaired) electrons. The van der Waals surface area contributed by atoms with Crippen LogP contribution < -0.4 is 0 Å². The molecule has 130 valence electrons. The van der Waals surface area contributed by atoms with Crippen LogP contribution in [0.5, 0.6) is 0 Å². The first-order valence-corrected chi connectivity index (χ1v) is 9.19. The van der Waals surface area contributed by atoms with Crippen molar-refractivity contribution in [2.45, 2.75) is 25.4 Å². The van der Waals surface area contributed by atoms with Gasteiger partial charge in [-0.2, -0.15) is 4.68 Å². The van der Waals surface area contributed by atoms with Crippen molar-refractivity contribution in [1.82, 2.24) is 19.7 Å². The molecule has 0 aromatic carbocycles. The van der Waals surface area contributed by atoms with Crippen molar-refractivity contribution in [2.75, 3.05) is 32.1 Å². The third-order valence-corrected chi connectivity index (χ3v) is 4.34. The summed E-state index contributed by atoms with van der Waals surface area (Å²) < 4.78 is 30.0. The first-order valence-electron chi connectivity index (χ1n) is 7.16. The Bertz CT molecular complexity index is 644. The highest BCUT2D eigenvalue weighted by Crippen LogP contribution is 2.08. The van der Waals surface area contributed by atoms with Gasteiger partial charge in [0.05, 0.1) is 18.9 Å². The van der Waals surface area contributed by atoms with Crippen molar-refractivity contribution >= 4 is 27.5 Å². The van der Waals surface area contributed by atoms with Crippen molar-refractivity contribution in [2.24, 2.45) is 0 Å². The molecule has 0 saturated carbocycles. The molecule has 1 amide bonds. The van der Waals surface area contributed by atoms with Crippen molar-refractivity contribution in [3.05, 3.63) is 17.9 Å². The van der Waals surface area contributed by atoms with Gasteiger partial charge < -0.3 is 9.64 Å². The lowest BCUT2D eigenvalue weighted by Crippen LogP contribution is -2.36. The van der Waals surface area contributed by atoms with Crippen LogP contribution in [0.15, 0.2) is 23.1 Å². The third-order valence-electron chi connectivity index (χ3n) is 2.77. The second kappa shape index (κ2) is 8.99. The van der Waals surface area contributed by atoms with Gasteiger partial charge in [-0.1, -0.05) is 25.1 Å². The van der Waals surface area contributed by atoms with Gasteiger partial charge in [0.2, 0.25) is 9.84 Å². The van der Waals surface area contributed by atoms with Gasteiger partial charge in [0.15, 0.2) is 0 Å². The largest absolute Gasteiger partial charge is 0.381 e. The standard InChI is InChI=1S/C13H21ClN4O4S/c1-4-6-17(9-11(3)14)13(19)18-10-15-12(16-18)23(20,21)8-7-22-5-2/h10H,3-9H2,1-2H3. The van der Waals surface area contributed by atoms with E-state index < -0.39 is 21.0 Å². The average Bonchev–Trinajstić information content (AvgIpc) is 2.96. The SMILES string of the molecule is C=C(Cl)CN(CCC)C(=O)n1cnc(S(=O)(=O)CCOCC)n1. The minimum atomic E-state index is -3.69. The summed E-state index contributed by atoms with van der Waals surface area (Å²) in [7, 11) is -3.69. The molecule has 0 bridgehead atoms. The monoisotopic (exact) mass is 364 g/mol. The van der Waals surface area contributed by atoms with Gasteiger partial charge in [0, 0.05) is 18.2 Å². The number of nitrogens with zero attached hydrogens (tertiary/aromatic N) is 4. The van der Waals surface area contributed by atoms with Crippen LogP contribution in [0.2, 0.25) is 0 Å². The summed E-state index contributed by atoms with van der Waals surface area (Å²) in [5.74, 6) is -0.240. The molecule has 0 saturated heterocycles. The van der Waals surface area contributed by atoms with E-state index in [0.717, 1.165) is 11.0 Å². The molecule has 0 spiro atoms. The topological polar surface area (TPSA) is 94.4 Å². The van der Waals surface area contributed by atoms with E-state index in [1.807, 2.05) is 6.92 Å². The predicted molar refractivity (Wildman–Crippen MR) is 86.2 cm³/mol. The molecular weight excluding hydrogens is 344 g/mol. The van der Waals surface area contributed by atoms with E-state index in [2.05, 4.69) is 16.7 Å². The summed E-state index contributed by atoms with van der Waals surface area (Å²) in [6, 6.07) is -0.507. The zero-order valence-electron chi connectivity index (χ0n) is 13.2. The first-order chi connectivity index (χ1) is 10.8. The van der Waals surface area contributed by atoms with Crippen LogP contribution in [0.25, 0.3) is 0 Å². The molecule has 1 aromatic heterocycles. The number of halogens is 1. The van der Waals surface area contributed by atoms with E-state index in [1.54, 1.807) is 6.92 Å². The summed E-state index contributed by atoms with van der Waals surface area (Å²) >= 11 is 5.75. The number of sulfone groups is 1. The predicted octanol–water partition coefficient (Wildman–Crippen LogP) is 1.52. The second-order valence-electron chi connectivity index (χ2n) is 4.71. The molecule has 1 heterocycles. The van der Waals surface area contributed by atoms with Gasteiger partial charge in [-0.15, -0.1) is 5.10 Å². The maximum Gasteiger partial charge on any atom is 0.346 e. The molecule has 1 aromatic rings. The van der Waals surface area contributed by atoms with Gasteiger partial charge in [-0.3, -0.25) is 0 Å². The van der Waals surface area contributed by atoms with Crippen molar-refractivity contribution in [3.63, 3.8) is 0 Å². The number of carbonyl (C=O) groups is 1. The maximum atomic E-state index is 12.3. The minimum Gasteiger partial charge on any atom is -0.381 e. The maximum absolute atomic E-state index is 12.3. The van der Waals surface area contributed by atoms with E-state index in [9.17, 15) is 13.2 Å². The highest BCUT2D eigenvalue weighted by atomic mass is 35.5. The Kier molecular flexibility index (Phi) is 7.66. The zero-order chi connectivity index (χ0) is 17.5. The van der Waals surface area contributed by atoms with Crippen molar-refractivity contribution in [3.8, 4) is 0 Å². The lowest BCUT2D eigenvalue weighted by Gasteiger charge is -2.20. The quantitative estimate of drug-likeness (QED) is 0.616. The number of amides is 1. The molecular formula is C13H21ClN4O4S. The normalized spacial score (nSPS) is 11.4. The smallest absolute Gasteiger partial charge is 0.346 e. The molecule has 0 atom stereocenters. The van der Waals surface area contributed by atoms with Crippen LogP contribution in [0.1, 0.15) is 20.3 Å². The number of carbonyl (C=O) groups excluding carboxylic acids is 1. The van der Waals surface area contributed by atoms with Crippen LogP contribution in [0.3, 0.4) is 0 Å². The van der Waals surface area contributed by atoms with E-state index in [-0.39, 0.29) is 18.9 Å². The Morgan fingerprint density at radius 3 is 2.74 bits per heavy atom. The Hall–Kier alpha value is -1.45. The number of hydrogen-bond donors (Lipinski definition) is 0. The minimum absolute atomic E-state index is 0.0509. The highest BCUT2D eigenvalue weighted by molar-refractivity contribution is 7.91. The van der Waals surface area contributed by atoms with Crippen LogP contribution in [0.4, 0.5) is 4.79 Å². The van der Waals surface area contributed by atoms with Gasteiger partial charge >= 0.3 is 6.03 Å². The Morgan fingerprint density at radius 2 is 2.17 bits per heavy atom. The fraction of sp³-hybridized carbons (Fsp3) is 0.615. The summed E-state index contributed by atoms with van der Waals surface area (Å²) in [6.07, 6.45) is 1.79. The van der Waals surface area contributed by atoms with E-state index in [0.29, 0.717) is 24.6 Å². The van der Waals surface area contributed by atoms with E-state index in [4.69, 9.17) is 16.3 Å². The lowest BCUT2D eigenvalue weighted by molar-refractivity contribution is 0.163. The molecule has 0 fully saturated rings. The van der Waals surface area contributed by atoms with Crippen LogP contribution in [-0.4, -0.2) is 66.2 Å². The summed E-state index contributed by atoms with van der Waals surface area (Å²) in [5, 5.41) is 3.67. The van der Waals surface area contributed by atoms with Gasteiger partial charge in [-0.05, 0) is 13.3 Å². The Balaban J connectivity index is 2.88. The number of rotatable bonds is 9. The number of hydrogen-bond acceptors (Lipinski definition) is 6. The van der Waals surface area contributed by atoms with Crippen LogP contribution in [0, 0.1) is 0 Å². The van der Waals surface area contributed by atoms with Gasteiger partial charge in [-0.25, -0.2) is 18.2 Å². The number of ether oxygens (including phenoxy) is 1. The molecule has 0 aliphatic rings. The fourth-order valence-electron chi connectivity index (χ4n) is 1.75. The zero-order valence-corrected chi connectivity index (χ0v) is 14.8. The number of aromatic nitrogens is 3. The Morgan fingerprint density at radius 1 is 1.48 bits per heavy atom. The molecule has 0 N–H and O–H groups in total. The van der Waals surface area contributed by atoms with Crippen LogP contribution >= 0.6 is 11.6 Å².